The van der Waals surface area contributed by atoms with Crippen LogP contribution in [0, 0.1) is 0 Å². The van der Waals surface area contributed by atoms with Crippen molar-refractivity contribution in [1.29, 1.82) is 0 Å². The van der Waals surface area contributed by atoms with Crippen LogP contribution in [0.15, 0.2) is 15.1 Å². The van der Waals surface area contributed by atoms with Gasteiger partial charge in [-0.2, -0.15) is 0 Å². The Balaban J connectivity index is 1.81. The molecule has 1 N–H and O–H groups in total. The van der Waals surface area contributed by atoms with Crippen LogP contribution in [0.1, 0.15) is 41.0 Å². The second-order valence-corrected chi connectivity index (χ2v) is 7.38. The highest BCUT2D eigenvalue weighted by Gasteiger charge is 2.10. The minimum Gasteiger partial charge on any atom is -0.350 e. The van der Waals surface area contributed by atoms with E-state index in [4.69, 9.17) is 0 Å². The Morgan fingerprint density at radius 3 is 2.75 bits per heavy atom. The van der Waals surface area contributed by atoms with Crippen molar-refractivity contribution in [3.63, 3.8) is 0 Å². The van der Waals surface area contributed by atoms with Gasteiger partial charge < -0.3 is 5.32 Å². The minimum atomic E-state index is -0.109. The fourth-order valence-corrected chi connectivity index (χ4v) is 3.74. The largest absolute Gasteiger partial charge is 0.350 e. The van der Waals surface area contributed by atoms with Gasteiger partial charge in [0, 0.05) is 23.7 Å². The van der Waals surface area contributed by atoms with Gasteiger partial charge in [-0.15, -0.1) is 22.7 Å². The highest BCUT2D eigenvalue weighted by molar-refractivity contribution is 8.00. The Morgan fingerprint density at radius 2 is 2.15 bits per heavy atom. The van der Waals surface area contributed by atoms with Crippen LogP contribution >= 0.6 is 34.4 Å². The van der Waals surface area contributed by atoms with Crippen molar-refractivity contribution in [2.45, 2.75) is 30.5 Å². The maximum absolute atomic E-state index is 11.9. The first kappa shape index (κ1) is 15.5. The zero-order valence-electron chi connectivity index (χ0n) is 11.7. The first-order valence-electron chi connectivity index (χ1n) is 6.32. The molecule has 0 saturated heterocycles. The number of nitrogens with zero attached hydrogens (tertiary/aromatic N) is 2. The van der Waals surface area contributed by atoms with E-state index in [0.29, 0.717) is 18.2 Å². The molecule has 108 valence electrons. The Hall–Kier alpha value is -0.920. The monoisotopic (exact) mass is 327 g/mol. The fraction of sp³-hybridized carbons (Fsp3) is 0.462. The molecule has 0 radical (unpaired) electrons. The van der Waals surface area contributed by atoms with Gasteiger partial charge in [0.05, 0.1) is 10.7 Å². The minimum absolute atomic E-state index is 0.109. The van der Waals surface area contributed by atoms with Gasteiger partial charge in [0.15, 0.2) is 0 Å². The maximum Gasteiger partial charge on any atom is 0.270 e. The zero-order chi connectivity index (χ0) is 14.5. The molecule has 2 aromatic heterocycles. The van der Waals surface area contributed by atoms with Gasteiger partial charge in [-0.05, 0) is 12.2 Å². The van der Waals surface area contributed by atoms with E-state index < -0.39 is 0 Å². The van der Waals surface area contributed by atoms with Crippen molar-refractivity contribution in [3.8, 4) is 0 Å². The number of rotatable bonds is 6. The summed E-state index contributed by atoms with van der Waals surface area (Å²) in [7, 11) is 0. The molecule has 0 bridgehead atoms. The van der Waals surface area contributed by atoms with E-state index in [9.17, 15) is 4.79 Å². The molecule has 0 atom stereocenters. The Kier molecular flexibility index (Phi) is 5.56. The number of amides is 1. The first-order valence-corrected chi connectivity index (χ1v) is 9.30. The van der Waals surface area contributed by atoms with E-state index in [1.54, 1.807) is 28.5 Å². The average Bonchev–Trinajstić information content (AvgIpc) is 3.07. The van der Waals surface area contributed by atoms with E-state index in [2.05, 4.69) is 34.5 Å². The molecule has 2 rings (SSSR count). The third-order valence-electron chi connectivity index (χ3n) is 2.68. The number of carbonyl (C=O) groups is 1. The SMILES string of the molecule is CSc1nc(C(=O)NCCc2nc(C(C)C)cs2)cs1. The van der Waals surface area contributed by atoms with Crippen LogP contribution in [0.3, 0.4) is 0 Å². The summed E-state index contributed by atoms with van der Waals surface area (Å²) in [4.78, 5) is 20.7. The maximum atomic E-state index is 11.9. The van der Waals surface area contributed by atoms with Gasteiger partial charge in [-0.3, -0.25) is 4.79 Å². The molecule has 0 aromatic carbocycles. The molecule has 0 aliphatic heterocycles. The third-order valence-corrected chi connectivity index (χ3v) is 5.47. The predicted octanol–water partition coefficient (Wildman–Crippen LogP) is 3.42. The summed E-state index contributed by atoms with van der Waals surface area (Å²) >= 11 is 4.70. The molecule has 0 saturated carbocycles. The molecule has 0 spiro atoms. The molecule has 1 amide bonds. The second-order valence-electron chi connectivity index (χ2n) is 4.53. The van der Waals surface area contributed by atoms with Crippen molar-refractivity contribution in [1.82, 2.24) is 15.3 Å². The summed E-state index contributed by atoms with van der Waals surface area (Å²) in [6.45, 7) is 4.86. The fourth-order valence-electron chi connectivity index (χ4n) is 1.53. The summed E-state index contributed by atoms with van der Waals surface area (Å²) in [5, 5.41) is 7.84. The van der Waals surface area contributed by atoms with Gasteiger partial charge in [0.2, 0.25) is 0 Å². The lowest BCUT2D eigenvalue weighted by atomic mass is 10.2. The molecule has 0 fully saturated rings. The third kappa shape index (κ3) is 4.04. The molecule has 0 unspecified atom stereocenters. The van der Waals surface area contributed by atoms with Crippen molar-refractivity contribution in [2.75, 3.05) is 12.8 Å². The predicted molar refractivity (Wildman–Crippen MR) is 86.1 cm³/mol. The second kappa shape index (κ2) is 7.19. The molecular formula is C13H17N3OS3. The Morgan fingerprint density at radius 1 is 1.35 bits per heavy atom. The summed E-state index contributed by atoms with van der Waals surface area (Å²) < 4.78 is 0.914. The van der Waals surface area contributed by atoms with Gasteiger partial charge in [0.1, 0.15) is 10.0 Å². The van der Waals surface area contributed by atoms with Crippen LogP contribution in [0.5, 0.6) is 0 Å². The topological polar surface area (TPSA) is 54.9 Å². The van der Waals surface area contributed by atoms with Gasteiger partial charge in [-0.1, -0.05) is 25.6 Å². The van der Waals surface area contributed by atoms with Gasteiger partial charge in [-0.25, -0.2) is 9.97 Å². The average molecular weight is 328 g/mol. The smallest absolute Gasteiger partial charge is 0.270 e. The number of aromatic nitrogens is 2. The van der Waals surface area contributed by atoms with Crippen molar-refractivity contribution < 1.29 is 4.79 Å². The molecular weight excluding hydrogens is 310 g/mol. The lowest BCUT2D eigenvalue weighted by Gasteiger charge is -2.01. The van der Waals surface area contributed by atoms with E-state index in [1.165, 1.54) is 11.3 Å². The van der Waals surface area contributed by atoms with Gasteiger partial charge >= 0.3 is 0 Å². The van der Waals surface area contributed by atoms with Crippen LogP contribution < -0.4 is 5.32 Å². The molecule has 2 aromatic rings. The van der Waals surface area contributed by atoms with Crippen LogP contribution in [-0.2, 0) is 6.42 Å². The number of thioether (sulfide) groups is 1. The first-order chi connectivity index (χ1) is 9.60. The quantitative estimate of drug-likeness (QED) is 0.826. The van der Waals surface area contributed by atoms with Crippen molar-refractivity contribution in [3.05, 3.63) is 27.2 Å². The summed E-state index contributed by atoms with van der Waals surface area (Å²) in [5.74, 6) is 0.344. The molecule has 0 aliphatic carbocycles. The highest BCUT2D eigenvalue weighted by atomic mass is 32.2. The Bertz CT molecular complexity index is 577. The molecule has 20 heavy (non-hydrogen) atoms. The number of hydrogen-bond donors (Lipinski definition) is 1. The molecule has 4 nitrogen and oxygen atoms in total. The van der Waals surface area contributed by atoms with E-state index >= 15 is 0 Å². The van der Waals surface area contributed by atoms with Crippen molar-refractivity contribution >= 4 is 40.3 Å². The summed E-state index contributed by atoms with van der Waals surface area (Å²) in [6.07, 6.45) is 2.72. The number of nitrogens with one attached hydrogen (secondary N) is 1. The number of carbonyl (C=O) groups excluding carboxylic acids is 1. The van der Waals surface area contributed by atoms with Crippen molar-refractivity contribution in [2.24, 2.45) is 0 Å². The number of thiazole rings is 2. The molecule has 7 heteroatoms. The van der Waals surface area contributed by atoms with Crippen LogP contribution in [0.4, 0.5) is 0 Å². The highest BCUT2D eigenvalue weighted by Crippen LogP contribution is 2.20. The van der Waals surface area contributed by atoms with Crippen LogP contribution in [-0.4, -0.2) is 28.7 Å². The molecule has 0 aliphatic rings. The van der Waals surface area contributed by atoms with Crippen LogP contribution in [0.25, 0.3) is 0 Å². The normalized spacial score (nSPS) is 11.0. The van der Waals surface area contributed by atoms with E-state index in [-0.39, 0.29) is 5.91 Å². The van der Waals surface area contributed by atoms with Crippen LogP contribution in [0.2, 0.25) is 0 Å². The number of hydrogen-bond acceptors (Lipinski definition) is 6. The van der Waals surface area contributed by atoms with Gasteiger partial charge in [0.25, 0.3) is 5.91 Å². The summed E-state index contributed by atoms with van der Waals surface area (Å²) in [6, 6.07) is 0. The lowest BCUT2D eigenvalue weighted by molar-refractivity contribution is 0.0949. The Labute approximate surface area is 131 Å². The molecule has 2 heterocycles. The lowest BCUT2D eigenvalue weighted by Crippen LogP contribution is -2.25. The summed E-state index contributed by atoms with van der Waals surface area (Å²) in [5.41, 5.74) is 1.63. The van der Waals surface area contributed by atoms with E-state index in [0.717, 1.165) is 21.5 Å². The van der Waals surface area contributed by atoms with E-state index in [1.807, 2.05) is 6.26 Å². The zero-order valence-corrected chi connectivity index (χ0v) is 14.1. The standard InChI is InChI=1S/C13H17N3OS3/c1-8(2)9-6-19-11(15-9)4-5-14-12(17)10-7-20-13(16-10)18-3/h6-8H,4-5H2,1-3H3,(H,14,17).